The molecule has 0 aliphatic rings. The fourth-order valence-electron chi connectivity index (χ4n) is 3.78. The van der Waals surface area contributed by atoms with E-state index in [2.05, 4.69) is 26.7 Å². The van der Waals surface area contributed by atoms with Gasteiger partial charge >= 0.3 is 5.97 Å². The zero-order valence-electron chi connectivity index (χ0n) is 21.7. The number of nitrogens with two attached hydrogens (primary N) is 1. The van der Waals surface area contributed by atoms with E-state index in [0.29, 0.717) is 39.5 Å². The number of carbonyl (C=O) groups is 3. The van der Waals surface area contributed by atoms with Crippen molar-refractivity contribution in [1.82, 2.24) is 25.6 Å². The van der Waals surface area contributed by atoms with Crippen LogP contribution in [0, 0.1) is 0 Å². The Morgan fingerprint density at radius 2 is 1.84 bits per heavy atom. The van der Waals surface area contributed by atoms with Gasteiger partial charge in [0.2, 0.25) is 11.8 Å². The second kappa shape index (κ2) is 16.7. The lowest BCUT2D eigenvalue weighted by molar-refractivity contribution is -0.138. The third kappa shape index (κ3) is 10.9. The molecule has 12 heteroatoms. The number of nitrogens with zero attached hydrogens (tertiary/aromatic N) is 2. The zero-order valence-corrected chi connectivity index (χ0v) is 21.7. The number of amides is 2. The van der Waals surface area contributed by atoms with Crippen LogP contribution in [0.15, 0.2) is 30.3 Å². The lowest BCUT2D eigenvalue weighted by atomic mass is 10.1. The second-order valence-corrected chi connectivity index (χ2v) is 8.53. The minimum absolute atomic E-state index is 0.00857. The van der Waals surface area contributed by atoms with Gasteiger partial charge in [0.05, 0.1) is 33.0 Å². The summed E-state index contributed by atoms with van der Waals surface area (Å²) in [7, 11) is 3.77. The van der Waals surface area contributed by atoms with Gasteiger partial charge in [-0.2, -0.15) is 0 Å². The molecule has 0 spiro atoms. The number of aliphatic carboxylic acids is 1. The first-order valence-electron chi connectivity index (χ1n) is 12.5. The quantitative estimate of drug-likeness (QED) is 0.127. The summed E-state index contributed by atoms with van der Waals surface area (Å²) in [6.07, 6.45) is -0.112. The topological polar surface area (TPSA) is 160 Å². The number of rotatable bonds is 19. The summed E-state index contributed by atoms with van der Waals surface area (Å²) in [4.78, 5) is 36.5. The van der Waals surface area contributed by atoms with E-state index in [0.717, 1.165) is 16.6 Å². The summed E-state index contributed by atoms with van der Waals surface area (Å²) in [6, 6.07) is 9.10. The maximum Gasteiger partial charge on any atom is 0.303 e. The number of aryl methyl sites for hydroxylation is 1. The Hall–Kier alpha value is -3.03. The molecule has 0 saturated carbocycles. The van der Waals surface area contributed by atoms with Gasteiger partial charge in [-0.1, -0.05) is 18.2 Å². The van der Waals surface area contributed by atoms with Gasteiger partial charge in [-0.15, -0.1) is 0 Å². The van der Waals surface area contributed by atoms with Gasteiger partial charge in [0.25, 0.3) is 0 Å². The maximum atomic E-state index is 12.8. The average molecular weight is 521 g/mol. The van der Waals surface area contributed by atoms with Gasteiger partial charge in [-0.25, -0.2) is 5.01 Å². The molecule has 0 aliphatic heterocycles. The molecule has 37 heavy (non-hydrogen) atoms. The van der Waals surface area contributed by atoms with Crippen LogP contribution in [0.2, 0.25) is 0 Å². The largest absolute Gasteiger partial charge is 0.481 e. The molecule has 2 rings (SSSR count). The Balaban J connectivity index is 1.92. The first-order chi connectivity index (χ1) is 17.8. The molecule has 0 radical (unpaired) electrons. The van der Waals surface area contributed by atoms with Crippen molar-refractivity contribution < 1.29 is 29.0 Å². The third-order valence-corrected chi connectivity index (χ3v) is 5.72. The number of hydrogen-bond acceptors (Lipinski definition) is 8. The van der Waals surface area contributed by atoms with Crippen LogP contribution in [0.5, 0.6) is 0 Å². The van der Waals surface area contributed by atoms with Crippen LogP contribution in [-0.2, 0) is 36.9 Å². The van der Waals surface area contributed by atoms with Gasteiger partial charge in [-0.05, 0) is 31.0 Å². The Morgan fingerprint density at radius 1 is 1.11 bits per heavy atom. The number of benzene rings is 1. The molecule has 6 N–H and O–H groups in total. The van der Waals surface area contributed by atoms with Gasteiger partial charge in [-0.3, -0.25) is 19.8 Å². The van der Waals surface area contributed by atoms with Crippen LogP contribution in [0.1, 0.15) is 25.0 Å². The summed E-state index contributed by atoms with van der Waals surface area (Å²) >= 11 is 0. The number of carboxylic acid groups (broad SMARTS) is 1. The highest BCUT2D eigenvalue weighted by molar-refractivity contribution is 5.88. The number of hydrogen-bond donors (Lipinski definition) is 5. The van der Waals surface area contributed by atoms with Crippen LogP contribution in [0.25, 0.3) is 10.9 Å². The number of nitrogens with one attached hydrogen (secondary N) is 3. The number of ether oxygens (including phenoxy) is 2. The van der Waals surface area contributed by atoms with Crippen molar-refractivity contribution in [2.45, 2.75) is 38.4 Å². The van der Waals surface area contributed by atoms with Gasteiger partial charge in [0.15, 0.2) is 0 Å². The molecule has 0 bridgehead atoms. The van der Waals surface area contributed by atoms with E-state index in [-0.39, 0.29) is 38.3 Å². The summed E-state index contributed by atoms with van der Waals surface area (Å²) in [5.41, 5.74) is 10.5. The Bertz CT molecular complexity index is 997. The van der Waals surface area contributed by atoms with E-state index in [1.54, 1.807) is 0 Å². The van der Waals surface area contributed by atoms with E-state index >= 15 is 0 Å². The van der Waals surface area contributed by atoms with Crippen LogP contribution in [0.3, 0.4) is 0 Å². The summed E-state index contributed by atoms with van der Waals surface area (Å²) in [6.45, 7) is 3.23. The molecule has 206 valence electrons. The molecular formula is C25H40N6O6. The van der Waals surface area contributed by atoms with Crippen LogP contribution in [-0.4, -0.2) is 92.1 Å². The Kier molecular flexibility index (Phi) is 13.6. The standard InChI is InChI=1S/C25H40N6O6/c1-27-30(2)18-20-17-19-5-3-4-6-22(19)31(20)12-9-23(32)29-21(7-8-24(33)34)25(35)28-11-14-37-16-15-36-13-10-26/h3-6,17,21,27H,7-16,18,26H2,1-2H3,(H,28,35)(H,29,32)(H,33,34)/t21-/m0/s1. The molecule has 2 amide bonds. The van der Waals surface area contributed by atoms with Crippen molar-refractivity contribution in [3.8, 4) is 0 Å². The second-order valence-electron chi connectivity index (χ2n) is 8.53. The SMILES string of the molecule is CNN(C)Cc1cc2ccccc2n1CCC(=O)N[C@@H](CCC(=O)O)C(=O)NCCOCCOCCN. The first kappa shape index (κ1) is 30.2. The highest BCUT2D eigenvalue weighted by Gasteiger charge is 2.22. The predicted molar refractivity (Wildman–Crippen MR) is 140 cm³/mol. The number of fused-ring (bicyclic) bond motifs is 1. The van der Waals surface area contributed by atoms with Crippen molar-refractivity contribution in [3.63, 3.8) is 0 Å². The van der Waals surface area contributed by atoms with Crippen LogP contribution in [0.4, 0.5) is 0 Å². The van der Waals surface area contributed by atoms with Gasteiger partial charge in [0, 0.05) is 50.7 Å². The summed E-state index contributed by atoms with van der Waals surface area (Å²) < 4.78 is 12.7. The minimum Gasteiger partial charge on any atom is -0.481 e. The molecule has 0 aliphatic carbocycles. The number of carbonyl (C=O) groups excluding carboxylic acids is 2. The molecule has 1 aromatic carbocycles. The molecule has 1 heterocycles. The summed E-state index contributed by atoms with van der Waals surface area (Å²) in [5.74, 6) is -1.81. The van der Waals surface area contributed by atoms with Gasteiger partial charge in [0.1, 0.15) is 6.04 Å². The molecule has 2 aromatic rings. The molecule has 12 nitrogen and oxygen atoms in total. The molecule has 1 aromatic heterocycles. The fraction of sp³-hybridized carbons (Fsp3) is 0.560. The van der Waals surface area contributed by atoms with E-state index < -0.39 is 17.9 Å². The maximum absolute atomic E-state index is 12.8. The van der Waals surface area contributed by atoms with Gasteiger partial charge < -0.3 is 35.5 Å². The Labute approximate surface area is 217 Å². The highest BCUT2D eigenvalue weighted by Crippen LogP contribution is 2.21. The zero-order chi connectivity index (χ0) is 27.0. The first-order valence-corrected chi connectivity index (χ1v) is 12.5. The average Bonchev–Trinajstić information content (AvgIpc) is 3.23. The third-order valence-electron chi connectivity index (χ3n) is 5.72. The van der Waals surface area contributed by atoms with Crippen LogP contribution >= 0.6 is 0 Å². The van der Waals surface area contributed by atoms with E-state index in [9.17, 15) is 14.4 Å². The van der Waals surface area contributed by atoms with Crippen molar-refractivity contribution in [1.29, 1.82) is 0 Å². The van der Waals surface area contributed by atoms with Crippen molar-refractivity contribution >= 4 is 28.7 Å². The smallest absolute Gasteiger partial charge is 0.303 e. The van der Waals surface area contributed by atoms with Crippen LogP contribution < -0.4 is 21.8 Å². The Morgan fingerprint density at radius 3 is 2.54 bits per heavy atom. The van der Waals surface area contributed by atoms with Crippen molar-refractivity contribution in [2.24, 2.45) is 5.73 Å². The number of carboxylic acids is 1. The van der Waals surface area contributed by atoms with Crippen molar-refractivity contribution in [2.75, 3.05) is 53.6 Å². The minimum atomic E-state index is -1.04. The molecule has 0 fully saturated rings. The normalized spacial score (nSPS) is 12.1. The predicted octanol–water partition coefficient (Wildman–Crippen LogP) is 0.0553. The molecule has 1 atom stereocenters. The number of para-hydroxylation sites is 1. The molecule has 0 unspecified atom stereocenters. The van der Waals surface area contributed by atoms with Crippen molar-refractivity contribution in [3.05, 3.63) is 36.0 Å². The molecule has 0 saturated heterocycles. The lowest BCUT2D eigenvalue weighted by Gasteiger charge is -2.19. The lowest BCUT2D eigenvalue weighted by Crippen LogP contribution is -2.47. The van der Waals surface area contributed by atoms with E-state index in [4.69, 9.17) is 20.3 Å². The summed E-state index contributed by atoms with van der Waals surface area (Å²) in [5, 5.41) is 17.5. The van der Waals surface area contributed by atoms with E-state index in [1.807, 2.05) is 43.4 Å². The monoisotopic (exact) mass is 520 g/mol. The number of aromatic nitrogens is 1. The van der Waals surface area contributed by atoms with E-state index in [1.165, 1.54) is 0 Å². The molecular weight excluding hydrogens is 480 g/mol. The number of hydrazine groups is 1. The fourth-order valence-corrected chi connectivity index (χ4v) is 3.78. The highest BCUT2D eigenvalue weighted by atomic mass is 16.5.